The van der Waals surface area contributed by atoms with Crippen LogP contribution in [0.25, 0.3) is 0 Å². The first-order chi connectivity index (χ1) is 6.74. The van der Waals surface area contributed by atoms with Crippen LogP contribution in [0.5, 0.6) is 5.75 Å². The van der Waals surface area contributed by atoms with Crippen molar-refractivity contribution >= 4 is 27.5 Å². The third-order valence-electron chi connectivity index (χ3n) is 2.10. The number of hydroxylamine groups is 1. The standard InChI is InChI=1S/C9H9BrClNO2/c1-13-12-7-4-14-9-6(11)3-2-5(10)8(7)9/h2-3,7,12H,4H2,1H3. The Hall–Kier alpha value is -0.290. The molecular weight excluding hydrogens is 269 g/mol. The van der Waals surface area contributed by atoms with Crippen molar-refractivity contribution in [3.8, 4) is 5.75 Å². The second kappa shape index (κ2) is 4.06. The van der Waals surface area contributed by atoms with Gasteiger partial charge in [0, 0.05) is 10.0 Å². The van der Waals surface area contributed by atoms with Crippen molar-refractivity contribution in [1.82, 2.24) is 5.48 Å². The van der Waals surface area contributed by atoms with E-state index in [9.17, 15) is 0 Å². The Morgan fingerprint density at radius 1 is 1.64 bits per heavy atom. The van der Waals surface area contributed by atoms with Crippen molar-refractivity contribution in [2.24, 2.45) is 0 Å². The molecule has 1 heterocycles. The molecular formula is C9H9BrClNO2. The summed E-state index contributed by atoms with van der Waals surface area (Å²) < 4.78 is 6.45. The molecule has 1 aliphatic heterocycles. The maximum Gasteiger partial charge on any atom is 0.144 e. The van der Waals surface area contributed by atoms with Gasteiger partial charge in [0.2, 0.25) is 0 Å². The number of hydrogen-bond acceptors (Lipinski definition) is 3. The van der Waals surface area contributed by atoms with Crippen LogP contribution in [0.3, 0.4) is 0 Å². The third-order valence-corrected chi connectivity index (χ3v) is 3.09. The van der Waals surface area contributed by atoms with Gasteiger partial charge in [-0.25, -0.2) is 0 Å². The average molecular weight is 279 g/mol. The van der Waals surface area contributed by atoms with Crippen LogP contribution in [0.15, 0.2) is 16.6 Å². The molecule has 0 spiro atoms. The molecule has 0 aromatic heterocycles. The smallest absolute Gasteiger partial charge is 0.144 e. The van der Waals surface area contributed by atoms with Crippen molar-refractivity contribution < 1.29 is 9.57 Å². The zero-order valence-electron chi connectivity index (χ0n) is 7.51. The number of fused-ring (bicyclic) bond motifs is 1. The van der Waals surface area contributed by atoms with E-state index < -0.39 is 0 Å². The maximum absolute atomic E-state index is 5.99. The normalized spacial score (nSPS) is 19.2. The Balaban J connectivity index is 2.42. The van der Waals surface area contributed by atoms with Crippen LogP contribution in [0, 0.1) is 0 Å². The van der Waals surface area contributed by atoms with Gasteiger partial charge in [-0.05, 0) is 12.1 Å². The lowest BCUT2D eigenvalue weighted by atomic mass is 10.1. The Bertz CT molecular complexity index is 359. The monoisotopic (exact) mass is 277 g/mol. The van der Waals surface area contributed by atoms with Crippen molar-refractivity contribution in [2.75, 3.05) is 13.7 Å². The van der Waals surface area contributed by atoms with E-state index in [4.69, 9.17) is 21.2 Å². The Morgan fingerprint density at radius 3 is 3.14 bits per heavy atom. The molecule has 1 aromatic carbocycles. The van der Waals surface area contributed by atoms with Gasteiger partial charge < -0.3 is 9.57 Å². The maximum atomic E-state index is 5.99. The quantitative estimate of drug-likeness (QED) is 0.844. The zero-order valence-corrected chi connectivity index (χ0v) is 9.85. The molecule has 0 saturated heterocycles. The fourth-order valence-electron chi connectivity index (χ4n) is 1.51. The van der Waals surface area contributed by atoms with Crippen LogP contribution >= 0.6 is 27.5 Å². The Labute approximate surface area is 95.4 Å². The molecule has 1 N–H and O–H groups in total. The minimum atomic E-state index is 0.0306. The van der Waals surface area contributed by atoms with Gasteiger partial charge in [0.15, 0.2) is 0 Å². The molecule has 0 amide bonds. The Morgan fingerprint density at radius 2 is 2.43 bits per heavy atom. The predicted octanol–water partition coefficient (Wildman–Crippen LogP) is 2.69. The van der Waals surface area contributed by atoms with Gasteiger partial charge in [0.25, 0.3) is 0 Å². The lowest BCUT2D eigenvalue weighted by Gasteiger charge is -2.10. The summed E-state index contributed by atoms with van der Waals surface area (Å²) in [4.78, 5) is 4.88. The molecule has 3 nitrogen and oxygen atoms in total. The highest BCUT2D eigenvalue weighted by Crippen LogP contribution is 2.42. The minimum Gasteiger partial charge on any atom is -0.490 e. The van der Waals surface area contributed by atoms with Crippen LogP contribution in [-0.2, 0) is 4.84 Å². The molecule has 0 saturated carbocycles. The van der Waals surface area contributed by atoms with Crippen LogP contribution in [0.4, 0.5) is 0 Å². The summed E-state index contributed by atoms with van der Waals surface area (Å²) in [5, 5.41) is 0.628. The summed E-state index contributed by atoms with van der Waals surface area (Å²) in [6.45, 7) is 0.533. The zero-order chi connectivity index (χ0) is 10.1. The molecule has 0 radical (unpaired) electrons. The van der Waals surface area contributed by atoms with Crippen LogP contribution in [-0.4, -0.2) is 13.7 Å². The van der Waals surface area contributed by atoms with E-state index in [-0.39, 0.29) is 6.04 Å². The van der Waals surface area contributed by atoms with Crippen LogP contribution in [0.1, 0.15) is 11.6 Å². The van der Waals surface area contributed by atoms with Gasteiger partial charge >= 0.3 is 0 Å². The predicted molar refractivity (Wildman–Crippen MR) is 57.5 cm³/mol. The summed E-state index contributed by atoms with van der Waals surface area (Å²) in [5.74, 6) is 0.732. The van der Waals surface area contributed by atoms with E-state index in [1.807, 2.05) is 6.07 Å². The SMILES string of the molecule is CONC1COc2c(Cl)ccc(Br)c21. The van der Waals surface area contributed by atoms with Crippen molar-refractivity contribution in [3.63, 3.8) is 0 Å². The first-order valence-corrected chi connectivity index (χ1v) is 5.30. The van der Waals surface area contributed by atoms with Crippen LogP contribution in [0.2, 0.25) is 5.02 Å². The highest BCUT2D eigenvalue weighted by Gasteiger charge is 2.28. The summed E-state index contributed by atoms with van der Waals surface area (Å²) in [6, 6.07) is 3.74. The number of nitrogens with one attached hydrogen (secondary N) is 1. The molecule has 1 atom stereocenters. The average Bonchev–Trinajstić information content (AvgIpc) is 2.58. The largest absolute Gasteiger partial charge is 0.490 e. The second-order valence-corrected chi connectivity index (χ2v) is 4.22. The van der Waals surface area contributed by atoms with Gasteiger partial charge in [-0.1, -0.05) is 27.5 Å². The summed E-state index contributed by atoms with van der Waals surface area (Å²) in [5.41, 5.74) is 3.87. The highest BCUT2D eigenvalue weighted by atomic mass is 79.9. The van der Waals surface area contributed by atoms with E-state index in [2.05, 4.69) is 21.4 Å². The van der Waals surface area contributed by atoms with Gasteiger partial charge in [0.05, 0.1) is 18.2 Å². The molecule has 0 aliphatic carbocycles. The first kappa shape index (κ1) is 10.2. The third kappa shape index (κ3) is 1.63. The van der Waals surface area contributed by atoms with Gasteiger partial charge in [0.1, 0.15) is 12.4 Å². The fourth-order valence-corrected chi connectivity index (χ4v) is 2.31. The summed E-state index contributed by atoms with van der Waals surface area (Å²) in [6.07, 6.45) is 0. The molecule has 5 heteroatoms. The summed E-state index contributed by atoms with van der Waals surface area (Å²) >= 11 is 9.45. The highest BCUT2D eigenvalue weighted by molar-refractivity contribution is 9.10. The van der Waals surface area contributed by atoms with Crippen molar-refractivity contribution in [3.05, 3.63) is 27.2 Å². The summed E-state index contributed by atoms with van der Waals surface area (Å²) in [7, 11) is 1.58. The Kier molecular flexibility index (Phi) is 2.97. The van der Waals surface area contributed by atoms with Crippen molar-refractivity contribution in [2.45, 2.75) is 6.04 Å². The van der Waals surface area contributed by atoms with Crippen molar-refractivity contribution in [1.29, 1.82) is 0 Å². The molecule has 1 unspecified atom stereocenters. The second-order valence-electron chi connectivity index (χ2n) is 2.96. The lowest BCUT2D eigenvalue weighted by molar-refractivity contribution is 0.0534. The van der Waals surface area contributed by atoms with E-state index >= 15 is 0 Å². The fraction of sp³-hybridized carbons (Fsp3) is 0.333. The minimum absolute atomic E-state index is 0.0306. The van der Waals surface area contributed by atoms with Crippen LogP contribution < -0.4 is 10.2 Å². The van der Waals surface area contributed by atoms with E-state index in [1.165, 1.54) is 0 Å². The van der Waals surface area contributed by atoms with E-state index in [0.717, 1.165) is 15.8 Å². The molecule has 2 rings (SSSR count). The lowest BCUT2D eigenvalue weighted by Crippen LogP contribution is -2.21. The topological polar surface area (TPSA) is 30.5 Å². The molecule has 14 heavy (non-hydrogen) atoms. The number of ether oxygens (including phenoxy) is 1. The molecule has 0 fully saturated rings. The van der Waals surface area contributed by atoms with E-state index in [1.54, 1.807) is 13.2 Å². The number of hydrogen-bond donors (Lipinski definition) is 1. The van der Waals surface area contributed by atoms with E-state index in [0.29, 0.717) is 11.6 Å². The molecule has 0 bridgehead atoms. The number of benzene rings is 1. The van der Waals surface area contributed by atoms with Gasteiger partial charge in [-0.3, -0.25) is 0 Å². The number of rotatable bonds is 2. The van der Waals surface area contributed by atoms with Gasteiger partial charge in [-0.2, -0.15) is 5.48 Å². The number of halogens is 2. The molecule has 76 valence electrons. The van der Waals surface area contributed by atoms with Gasteiger partial charge in [-0.15, -0.1) is 0 Å². The molecule has 1 aliphatic rings. The first-order valence-electron chi connectivity index (χ1n) is 4.13. The molecule has 1 aromatic rings.